The minimum absolute atomic E-state index is 0.00125. The molecular weight excluding hydrogens is 302 g/mol. The van der Waals surface area contributed by atoms with Gasteiger partial charge in [0.15, 0.2) is 0 Å². The third kappa shape index (κ3) is 2.64. The number of imidazole rings is 1. The first-order valence-corrected chi connectivity index (χ1v) is 8.31. The number of hydrogen-bond acceptors (Lipinski definition) is 2. The highest BCUT2D eigenvalue weighted by Crippen LogP contribution is 2.18. The Hall–Kier alpha value is -2.76. The zero-order valence-corrected chi connectivity index (χ0v) is 13.7. The number of H-pyrrole nitrogens is 1. The Labute approximate surface area is 140 Å². The summed E-state index contributed by atoms with van der Waals surface area (Å²) in [7, 11) is 0. The van der Waals surface area contributed by atoms with Gasteiger partial charge in [-0.1, -0.05) is 12.1 Å². The van der Waals surface area contributed by atoms with Gasteiger partial charge in [0.25, 0.3) is 0 Å². The van der Waals surface area contributed by atoms with Gasteiger partial charge in [-0.25, -0.2) is 9.78 Å². The topological polar surface area (TPSA) is 66.0 Å². The number of carbonyl (C=O) groups is 1. The van der Waals surface area contributed by atoms with Crippen LogP contribution < -0.4 is 5.32 Å². The lowest BCUT2D eigenvalue weighted by Crippen LogP contribution is -2.44. The van der Waals surface area contributed by atoms with Crippen LogP contribution in [0.4, 0.5) is 4.79 Å². The fourth-order valence-corrected chi connectivity index (χ4v) is 3.40. The predicted molar refractivity (Wildman–Crippen MR) is 92.8 cm³/mol. The number of benzene rings is 1. The lowest BCUT2D eigenvalue weighted by atomic mass is 10.1. The van der Waals surface area contributed by atoms with Gasteiger partial charge < -0.3 is 19.8 Å². The molecule has 0 atom stereocenters. The SMILES string of the molecule is Cc1ncc2n1CCN(C(=O)NCCc1cccc3[nH]ccc13)C2. The van der Waals surface area contributed by atoms with E-state index in [-0.39, 0.29) is 6.03 Å². The second kappa shape index (κ2) is 6.03. The minimum atomic E-state index is 0.00125. The van der Waals surface area contributed by atoms with Crippen LogP contribution >= 0.6 is 0 Å². The van der Waals surface area contributed by atoms with Crippen LogP contribution in [0.2, 0.25) is 0 Å². The molecule has 0 saturated heterocycles. The molecule has 3 aromatic rings. The number of fused-ring (bicyclic) bond motifs is 2. The van der Waals surface area contributed by atoms with Crippen LogP contribution in [0.15, 0.2) is 36.7 Å². The van der Waals surface area contributed by atoms with Crippen LogP contribution in [-0.2, 0) is 19.5 Å². The van der Waals surface area contributed by atoms with Gasteiger partial charge in [0, 0.05) is 36.7 Å². The number of aryl methyl sites for hydroxylation is 1. The highest BCUT2D eigenvalue weighted by molar-refractivity contribution is 5.83. The van der Waals surface area contributed by atoms with Gasteiger partial charge in [0.05, 0.1) is 18.4 Å². The minimum Gasteiger partial charge on any atom is -0.361 e. The Morgan fingerprint density at radius 3 is 3.17 bits per heavy atom. The van der Waals surface area contributed by atoms with Crippen molar-refractivity contribution in [3.8, 4) is 0 Å². The molecule has 124 valence electrons. The molecule has 2 amide bonds. The molecule has 0 unspecified atom stereocenters. The lowest BCUT2D eigenvalue weighted by Gasteiger charge is -2.28. The smallest absolute Gasteiger partial charge is 0.317 e. The van der Waals surface area contributed by atoms with Crippen LogP contribution in [0.1, 0.15) is 17.1 Å². The molecule has 1 aromatic carbocycles. The molecule has 0 radical (unpaired) electrons. The zero-order chi connectivity index (χ0) is 16.5. The number of nitrogens with zero attached hydrogens (tertiary/aromatic N) is 3. The number of urea groups is 1. The molecule has 24 heavy (non-hydrogen) atoms. The summed E-state index contributed by atoms with van der Waals surface area (Å²) in [6, 6.07) is 8.31. The molecule has 1 aliphatic heterocycles. The van der Waals surface area contributed by atoms with Gasteiger partial charge in [0.1, 0.15) is 5.82 Å². The van der Waals surface area contributed by atoms with Gasteiger partial charge in [-0.2, -0.15) is 0 Å². The first kappa shape index (κ1) is 14.8. The van der Waals surface area contributed by atoms with Crippen LogP contribution in [-0.4, -0.2) is 38.6 Å². The maximum atomic E-state index is 12.4. The largest absolute Gasteiger partial charge is 0.361 e. The van der Waals surface area contributed by atoms with Gasteiger partial charge in [-0.05, 0) is 31.0 Å². The van der Waals surface area contributed by atoms with Crippen molar-refractivity contribution in [2.45, 2.75) is 26.4 Å². The van der Waals surface area contributed by atoms with E-state index in [2.05, 4.69) is 38.1 Å². The monoisotopic (exact) mass is 323 g/mol. The van der Waals surface area contributed by atoms with E-state index >= 15 is 0 Å². The Morgan fingerprint density at radius 2 is 2.25 bits per heavy atom. The summed E-state index contributed by atoms with van der Waals surface area (Å²) in [5.74, 6) is 1.02. The number of aromatic nitrogens is 3. The van der Waals surface area contributed by atoms with E-state index in [0.717, 1.165) is 36.5 Å². The van der Waals surface area contributed by atoms with Gasteiger partial charge in [-0.15, -0.1) is 0 Å². The van der Waals surface area contributed by atoms with Crippen molar-refractivity contribution in [2.24, 2.45) is 0 Å². The van der Waals surface area contributed by atoms with Crippen molar-refractivity contribution in [1.29, 1.82) is 0 Å². The molecule has 0 saturated carbocycles. The number of rotatable bonds is 3. The van der Waals surface area contributed by atoms with Crippen LogP contribution in [0.25, 0.3) is 10.9 Å². The fourth-order valence-electron chi connectivity index (χ4n) is 3.40. The molecule has 6 heteroatoms. The number of aromatic amines is 1. The third-order valence-corrected chi connectivity index (χ3v) is 4.73. The molecule has 0 spiro atoms. The Balaban J connectivity index is 1.35. The quantitative estimate of drug-likeness (QED) is 0.777. The summed E-state index contributed by atoms with van der Waals surface area (Å²) >= 11 is 0. The van der Waals surface area contributed by atoms with E-state index < -0.39 is 0 Å². The highest BCUT2D eigenvalue weighted by Gasteiger charge is 2.21. The van der Waals surface area contributed by atoms with Crippen LogP contribution in [0, 0.1) is 6.92 Å². The highest BCUT2D eigenvalue weighted by atomic mass is 16.2. The summed E-state index contributed by atoms with van der Waals surface area (Å²) in [5.41, 5.74) is 3.49. The summed E-state index contributed by atoms with van der Waals surface area (Å²) in [6.07, 6.45) is 4.64. The molecule has 2 aromatic heterocycles. The first-order valence-electron chi connectivity index (χ1n) is 8.31. The standard InChI is InChI=1S/C18H21N5O/c1-13-21-11-15-12-22(9-10-23(13)15)18(24)20-7-5-14-3-2-4-17-16(14)6-8-19-17/h2-4,6,8,11,19H,5,7,9-10,12H2,1H3,(H,20,24). The first-order chi connectivity index (χ1) is 11.7. The summed E-state index contributed by atoms with van der Waals surface area (Å²) < 4.78 is 2.18. The van der Waals surface area contributed by atoms with Gasteiger partial charge in [-0.3, -0.25) is 0 Å². The molecule has 3 heterocycles. The number of hydrogen-bond donors (Lipinski definition) is 2. The molecular formula is C18H21N5O. The molecule has 1 aliphatic rings. The Bertz CT molecular complexity index is 879. The molecule has 2 N–H and O–H groups in total. The second-order valence-electron chi connectivity index (χ2n) is 6.21. The maximum absolute atomic E-state index is 12.4. The lowest BCUT2D eigenvalue weighted by molar-refractivity contribution is 0.183. The number of carbonyl (C=O) groups excluding carboxylic acids is 1. The number of amides is 2. The van der Waals surface area contributed by atoms with Gasteiger partial charge >= 0.3 is 6.03 Å². The van der Waals surface area contributed by atoms with Crippen molar-refractivity contribution in [1.82, 2.24) is 24.8 Å². The number of nitrogens with one attached hydrogen (secondary N) is 2. The van der Waals surface area contributed by atoms with Crippen molar-refractivity contribution >= 4 is 16.9 Å². The van der Waals surface area contributed by atoms with Crippen molar-refractivity contribution < 1.29 is 4.79 Å². The van der Waals surface area contributed by atoms with E-state index in [1.165, 1.54) is 10.9 Å². The van der Waals surface area contributed by atoms with E-state index in [0.29, 0.717) is 13.1 Å². The molecule has 0 aliphatic carbocycles. The van der Waals surface area contributed by atoms with Crippen molar-refractivity contribution in [3.63, 3.8) is 0 Å². The predicted octanol–water partition coefficient (Wildman–Crippen LogP) is 2.44. The van der Waals surface area contributed by atoms with E-state index in [1.807, 2.05) is 30.3 Å². The third-order valence-electron chi connectivity index (χ3n) is 4.73. The average molecular weight is 323 g/mol. The van der Waals surface area contributed by atoms with Crippen LogP contribution in [0.3, 0.4) is 0 Å². The van der Waals surface area contributed by atoms with E-state index in [9.17, 15) is 4.79 Å². The second-order valence-corrected chi connectivity index (χ2v) is 6.21. The summed E-state index contributed by atoms with van der Waals surface area (Å²) in [4.78, 5) is 21.8. The van der Waals surface area contributed by atoms with E-state index in [4.69, 9.17) is 0 Å². The summed E-state index contributed by atoms with van der Waals surface area (Å²) in [5, 5.41) is 4.27. The van der Waals surface area contributed by atoms with Crippen LogP contribution in [0.5, 0.6) is 0 Å². The Morgan fingerprint density at radius 1 is 1.33 bits per heavy atom. The average Bonchev–Trinajstić information content (AvgIpc) is 3.22. The fraction of sp³-hybridized carbons (Fsp3) is 0.333. The molecule has 6 nitrogen and oxygen atoms in total. The van der Waals surface area contributed by atoms with Crippen molar-refractivity contribution in [2.75, 3.05) is 13.1 Å². The molecule has 0 bridgehead atoms. The summed E-state index contributed by atoms with van der Waals surface area (Å²) in [6.45, 7) is 4.81. The van der Waals surface area contributed by atoms with E-state index in [1.54, 1.807) is 0 Å². The normalized spacial score (nSPS) is 14.0. The van der Waals surface area contributed by atoms with Gasteiger partial charge in [0.2, 0.25) is 0 Å². The maximum Gasteiger partial charge on any atom is 0.317 e. The molecule has 0 fully saturated rings. The Kier molecular flexibility index (Phi) is 3.72. The van der Waals surface area contributed by atoms with Crippen molar-refractivity contribution in [3.05, 3.63) is 53.7 Å². The zero-order valence-electron chi connectivity index (χ0n) is 13.7. The molecule has 4 rings (SSSR count).